The van der Waals surface area contributed by atoms with Crippen LogP contribution < -0.4 is 10.2 Å². The van der Waals surface area contributed by atoms with E-state index in [0.29, 0.717) is 12.1 Å². The Hall–Kier alpha value is -2.43. The van der Waals surface area contributed by atoms with E-state index in [-0.39, 0.29) is 5.91 Å². The smallest absolute Gasteiger partial charge is 0.260 e. The van der Waals surface area contributed by atoms with E-state index >= 15 is 0 Å². The lowest BCUT2D eigenvalue weighted by atomic mass is 10.2. The van der Waals surface area contributed by atoms with Crippen molar-refractivity contribution in [3.63, 3.8) is 0 Å². The Morgan fingerprint density at radius 1 is 1.15 bits per heavy atom. The van der Waals surface area contributed by atoms with Crippen LogP contribution in [0.4, 0.5) is 11.4 Å². The van der Waals surface area contributed by atoms with E-state index in [1.54, 1.807) is 35.8 Å². The second-order valence-electron chi connectivity index (χ2n) is 4.21. The Labute approximate surface area is 118 Å². The summed E-state index contributed by atoms with van der Waals surface area (Å²) in [6.07, 6.45) is 6.68. The summed E-state index contributed by atoms with van der Waals surface area (Å²) < 4.78 is 0. The van der Waals surface area contributed by atoms with Crippen molar-refractivity contribution in [2.75, 3.05) is 23.3 Å². The first-order valence-electron chi connectivity index (χ1n) is 6.67. The summed E-state index contributed by atoms with van der Waals surface area (Å²) in [5, 5.41) is 3.17. The fraction of sp³-hybridized carbons (Fsp3) is 0.267. The molecule has 5 heteroatoms. The second-order valence-corrected chi connectivity index (χ2v) is 4.21. The van der Waals surface area contributed by atoms with Gasteiger partial charge in [-0.15, -0.1) is 0 Å². The maximum absolute atomic E-state index is 12.7. The highest BCUT2D eigenvalue weighted by Gasteiger charge is 2.18. The molecule has 0 aliphatic rings. The molecule has 0 spiro atoms. The van der Waals surface area contributed by atoms with Gasteiger partial charge in [0, 0.05) is 37.4 Å². The van der Waals surface area contributed by atoms with E-state index in [0.717, 1.165) is 17.9 Å². The van der Waals surface area contributed by atoms with Crippen LogP contribution in [0.5, 0.6) is 0 Å². The molecule has 0 aliphatic heterocycles. The zero-order valence-electron chi connectivity index (χ0n) is 11.7. The fourth-order valence-corrected chi connectivity index (χ4v) is 2.03. The number of carbonyl (C=O) groups is 1. The highest BCUT2D eigenvalue weighted by molar-refractivity contribution is 6.09. The molecule has 5 nitrogen and oxygen atoms in total. The minimum atomic E-state index is -0.0444. The molecule has 0 atom stereocenters. The van der Waals surface area contributed by atoms with Crippen LogP contribution in [-0.4, -0.2) is 29.0 Å². The molecular formula is C15H18N4O. The van der Waals surface area contributed by atoms with Gasteiger partial charge in [0.05, 0.1) is 17.4 Å². The summed E-state index contributed by atoms with van der Waals surface area (Å²) in [7, 11) is 0. The molecule has 0 bridgehead atoms. The largest absolute Gasteiger partial charge is 0.383 e. The van der Waals surface area contributed by atoms with Gasteiger partial charge in [-0.05, 0) is 32.0 Å². The second kappa shape index (κ2) is 6.65. The van der Waals surface area contributed by atoms with E-state index < -0.39 is 0 Å². The Kier molecular flexibility index (Phi) is 4.65. The monoisotopic (exact) mass is 270 g/mol. The highest BCUT2D eigenvalue weighted by Crippen LogP contribution is 2.20. The van der Waals surface area contributed by atoms with Crippen molar-refractivity contribution in [1.29, 1.82) is 0 Å². The Morgan fingerprint density at radius 3 is 2.50 bits per heavy atom. The van der Waals surface area contributed by atoms with Crippen molar-refractivity contribution in [3.05, 3.63) is 48.5 Å². The predicted molar refractivity (Wildman–Crippen MR) is 80.0 cm³/mol. The summed E-state index contributed by atoms with van der Waals surface area (Å²) in [5.74, 6) is -0.0444. The van der Waals surface area contributed by atoms with Crippen LogP contribution in [0.2, 0.25) is 0 Å². The van der Waals surface area contributed by atoms with E-state index in [1.807, 2.05) is 26.0 Å². The molecule has 104 valence electrons. The van der Waals surface area contributed by atoms with E-state index in [1.165, 1.54) is 0 Å². The highest BCUT2D eigenvalue weighted by atomic mass is 16.2. The first-order chi connectivity index (χ1) is 9.77. The third kappa shape index (κ3) is 2.93. The summed E-state index contributed by atoms with van der Waals surface area (Å²) in [6, 6.07) is 5.40. The van der Waals surface area contributed by atoms with E-state index in [4.69, 9.17) is 0 Å². The Morgan fingerprint density at radius 2 is 1.85 bits per heavy atom. The minimum absolute atomic E-state index is 0.0444. The number of anilines is 2. The van der Waals surface area contributed by atoms with Gasteiger partial charge < -0.3 is 10.2 Å². The number of rotatable bonds is 5. The summed E-state index contributed by atoms with van der Waals surface area (Å²) in [5.41, 5.74) is 2.22. The zero-order valence-corrected chi connectivity index (χ0v) is 11.7. The first-order valence-corrected chi connectivity index (χ1v) is 6.67. The quantitative estimate of drug-likeness (QED) is 0.907. The molecular weight excluding hydrogens is 252 g/mol. The van der Waals surface area contributed by atoms with Gasteiger partial charge in [-0.1, -0.05) is 0 Å². The molecule has 1 N–H and O–H groups in total. The third-order valence-corrected chi connectivity index (χ3v) is 2.95. The van der Waals surface area contributed by atoms with Crippen molar-refractivity contribution in [3.8, 4) is 0 Å². The molecule has 0 saturated heterocycles. The number of nitrogens with zero attached hydrogens (tertiary/aromatic N) is 3. The van der Waals surface area contributed by atoms with Gasteiger partial charge in [-0.25, -0.2) is 0 Å². The molecule has 1 amide bonds. The van der Waals surface area contributed by atoms with Gasteiger partial charge in [0.15, 0.2) is 0 Å². The molecule has 0 radical (unpaired) electrons. The predicted octanol–water partition coefficient (Wildman–Crippen LogP) is 2.58. The summed E-state index contributed by atoms with van der Waals surface area (Å²) >= 11 is 0. The number of pyridine rings is 2. The molecule has 2 aromatic rings. The number of nitrogens with one attached hydrogen (secondary N) is 1. The number of aromatic nitrogens is 2. The Bertz CT molecular complexity index is 571. The fourth-order valence-electron chi connectivity index (χ4n) is 2.03. The third-order valence-electron chi connectivity index (χ3n) is 2.95. The van der Waals surface area contributed by atoms with Gasteiger partial charge in [0.25, 0.3) is 5.91 Å². The van der Waals surface area contributed by atoms with Gasteiger partial charge in [-0.2, -0.15) is 0 Å². The SMILES string of the molecule is CCNc1cnccc1C(=O)N(CC)c1ccncc1. The number of carbonyl (C=O) groups excluding carboxylic acids is 1. The van der Waals surface area contributed by atoms with Crippen LogP contribution in [0, 0.1) is 0 Å². The minimum Gasteiger partial charge on any atom is -0.383 e. The van der Waals surface area contributed by atoms with Crippen LogP contribution in [0.3, 0.4) is 0 Å². The lowest BCUT2D eigenvalue weighted by molar-refractivity contribution is 0.0989. The van der Waals surface area contributed by atoms with Gasteiger partial charge in [-0.3, -0.25) is 14.8 Å². The zero-order chi connectivity index (χ0) is 14.4. The van der Waals surface area contributed by atoms with Gasteiger partial charge in [0.2, 0.25) is 0 Å². The van der Waals surface area contributed by atoms with Gasteiger partial charge in [0.1, 0.15) is 0 Å². The van der Waals surface area contributed by atoms with Crippen molar-refractivity contribution >= 4 is 17.3 Å². The van der Waals surface area contributed by atoms with Crippen LogP contribution in [0.15, 0.2) is 43.0 Å². The molecule has 0 fully saturated rings. The maximum Gasteiger partial charge on any atom is 0.260 e. The number of hydrogen-bond donors (Lipinski definition) is 1. The molecule has 0 aliphatic carbocycles. The number of hydrogen-bond acceptors (Lipinski definition) is 4. The first kappa shape index (κ1) is 14.0. The molecule has 0 saturated carbocycles. The summed E-state index contributed by atoms with van der Waals surface area (Å²) in [6.45, 7) is 5.28. The number of amides is 1. The molecule has 2 aromatic heterocycles. The molecule has 2 rings (SSSR count). The van der Waals surface area contributed by atoms with Gasteiger partial charge >= 0.3 is 0 Å². The molecule has 2 heterocycles. The molecule has 0 unspecified atom stereocenters. The van der Waals surface area contributed by atoms with Crippen molar-refractivity contribution in [2.45, 2.75) is 13.8 Å². The molecule has 0 aromatic carbocycles. The standard InChI is InChI=1S/C15H18N4O/c1-3-18-14-11-17-10-7-13(14)15(20)19(4-2)12-5-8-16-9-6-12/h5-11,18H,3-4H2,1-2H3. The van der Waals surface area contributed by atoms with Crippen LogP contribution in [0.1, 0.15) is 24.2 Å². The van der Waals surface area contributed by atoms with E-state index in [9.17, 15) is 4.79 Å². The molecule has 20 heavy (non-hydrogen) atoms. The average Bonchev–Trinajstić information content (AvgIpc) is 2.50. The van der Waals surface area contributed by atoms with Crippen molar-refractivity contribution in [2.24, 2.45) is 0 Å². The van der Waals surface area contributed by atoms with Crippen LogP contribution >= 0.6 is 0 Å². The van der Waals surface area contributed by atoms with Crippen LogP contribution in [0.25, 0.3) is 0 Å². The maximum atomic E-state index is 12.7. The van der Waals surface area contributed by atoms with Crippen molar-refractivity contribution < 1.29 is 4.79 Å². The lowest BCUT2D eigenvalue weighted by Crippen LogP contribution is -2.31. The Balaban J connectivity index is 2.34. The van der Waals surface area contributed by atoms with Crippen molar-refractivity contribution in [1.82, 2.24) is 9.97 Å². The van der Waals surface area contributed by atoms with Crippen LogP contribution in [-0.2, 0) is 0 Å². The topological polar surface area (TPSA) is 58.1 Å². The summed E-state index contributed by atoms with van der Waals surface area (Å²) in [4.78, 5) is 22.5. The average molecular weight is 270 g/mol. The normalized spacial score (nSPS) is 10.1. The lowest BCUT2D eigenvalue weighted by Gasteiger charge is -2.22. The van der Waals surface area contributed by atoms with E-state index in [2.05, 4.69) is 15.3 Å².